The molecule has 1 N–H and O–H groups in total. The van der Waals surface area contributed by atoms with E-state index < -0.39 is 6.10 Å². The lowest BCUT2D eigenvalue weighted by Crippen LogP contribution is -2.07. The molecule has 0 radical (unpaired) electrons. The molecule has 4 nitrogen and oxygen atoms in total. The number of aryl methyl sites for hydroxylation is 2. The topological polar surface area (TPSA) is 47.3 Å². The molecule has 1 heterocycles. The summed E-state index contributed by atoms with van der Waals surface area (Å²) in [6, 6.07) is 9.75. The van der Waals surface area contributed by atoms with Crippen molar-refractivity contribution in [1.29, 1.82) is 0 Å². The lowest BCUT2D eigenvalue weighted by atomic mass is 10.1. The Morgan fingerprint density at radius 3 is 2.67 bits per heavy atom. The van der Waals surface area contributed by atoms with Gasteiger partial charge in [0.2, 0.25) is 0 Å². The molecule has 0 amide bonds. The van der Waals surface area contributed by atoms with Gasteiger partial charge in [-0.1, -0.05) is 32.0 Å². The molecule has 1 atom stereocenters. The van der Waals surface area contributed by atoms with Crippen molar-refractivity contribution in [3.05, 3.63) is 47.3 Å². The Morgan fingerprint density at radius 2 is 2.00 bits per heavy atom. The monoisotopic (exact) mass is 288 g/mol. The molecule has 0 saturated carbocycles. The maximum atomic E-state index is 10.1. The average Bonchev–Trinajstić information content (AvgIpc) is 2.94. The molecule has 1 aromatic heterocycles. The van der Waals surface area contributed by atoms with Crippen LogP contribution in [-0.2, 0) is 19.6 Å². The molecule has 0 unspecified atom stereocenters. The van der Waals surface area contributed by atoms with Gasteiger partial charge >= 0.3 is 0 Å². The lowest BCUT2D eigenvalue weighted by Gasteiger charge is -2.15. The first-order chi connectivity index (χ1) is 10.2. The van der Waals surface area contributed by atoms with Gasteiger partial charge in [0.05, 0.1) is 17.5 Å². The SMILES string of the molecule is CCc1cc(COc2ccccc2[C@H](O)CC)n(CC)n1. The maximum absolute atomic E-state index is 10.1. The average molecular weight is 288 g/mol. The third-order valence-electron chi connectivity index (χ3n) is 3.62. The third kappa shape index (κ3) is 3.64. The van der Waals surface area contributed by atoms with Crippen LogP contribution in [0.2, 0.25) is 0 Å². The van der Waals surface area contributed by atoms with Gasteiger partial charge in [0.1, 0.15) is 12.4 Å². The normalized spacial score (nSPS) is 12.4. The molecule has 0 aliphatic carbocycles. The van der Waals surface area contributed by atoms with Gasteiger partial charge in [-0.25, -0.2) is 0 Å². The van der Waals surface area contributed by atoms with Crippen LogP contribution in [0.1, 0.15) is 50.2 Å². The summed E-state index contributed by atoms with van der Waals surface area (Å²) in [7, 11) is 0. The molecule has 0 saturated heterocycles. The molecule has 114 valence electrons. The summed E-state index contributed by atoms with van der Waals surface area (Å²) >= 11 is 0. The zero-order chi connectivity index (χ0) is 15.2. The summed E-state index contributed by atoms with van der Waals surface area (Å²) < 4.78 is 7.90. The van der Waals surface area contributed by atoms with Crippen LogP contribution in [-0.4, -0.2) is 14.9 Å². The van der Waals surface area contributed by atoms with E-state index in [1.807, 2.05) is 35.9 Å². The number of rotatable bonds is 7. The summed E-state index contributed by atoms with van der Waals surface area (Å²) in [5.74, 6) is 0.744. The highest BCUT2D eigenvalue weighted by Gasteiger charge is 2.12. The van der Waals surface area contributed by atoms with Crippen molar-refractivity contribution in [3.8, 4) is 5.75 Å². The minimum absolute atomic E-state index is 0.467. The van der Waals surface area contributed by atoms with Gasteiger partial charge in [0.15, 0.2) is 0 Å². The second kappa shape index (κ2) is 7.27. The zero-order valence-electron chi connectivity index (χ0n) is 13.0. The standard InChI is InChI=1S/C17H24N2O2/c1-4-13-11-14(19(6-3)18-13)12-21-17-10-8-7-9-15(17)16(20)5-2/h7-11,16,20H,4-6,12H2,1-3H3/t16-/m1/s1. The van der Waals surface area contributed by atoms with E-state index in [1.165, 1.54) is 0 Å². The predicted octanol–water partition coefficient (Wildman–Crippen LogP) is 3.49. The number of hydrogen-bond donors (Lipinski definition) is 1. The van der Waals surface area contributed by atoms with Crippen LogP contribution >= 0.6 is 0 Å². The molecule has 21 heavy (non-hydrogen) atoms. The van der Waals surface area contributed by atoms with E-state index in [0.29, 0.717) is 13.0 Å². The molecular weight excluding hydrogens is 264 g/mol. The van der Waals surface area contributed by atoms with E-state index >= 15 is 0 Å². The summed E-state index contributed by atoms with van der Waals surface area (Å²) in [5, 5.41) is 14.6. The Kier molecular flexibility index (Phi) is 5.39. The fraction of sp³-hybridized carbons (Fsp3) is 0.471. The summed E-state index contributed by atoms with van der Waals surface area (Å²) in [6.45, 7) is 7.43. The fourth-order valence-electron chi connectivity index (χ4n) is 2.34. The van der Waals surface area contributed by atoms with Crippen LogP contribution in [0, 0.1) is 0 Å². The smallest absolute Gasteiger partial charge is 0.130 e. The number of benzene rings is 1. The number of aliphatic hydroxyl groups excluding tert-OH is 1. The number of nitrogens with zero attached hydrogens (tertiary/aromatic N) is 2. The number of ether oxygens (including phenoxy) is 1. The van der Waals surface area contributed by atoms with Crippen LogP contribution in [0.15, 0.2) is 30.3 Å². The molecular formula is C17H24N2O2. The quantitative estimate of drug-likeness (QED) is 0.848. The molecule has 0 bridgehead atoms. The Bertz CT molecular complexity index is 578. The second-order valence-corrected chi connectivity index (χ2v) is 5.05. The van der Waals surface area contributed by atoms with Gasteiger partial charge in [0, 0.05) is 12.1 Å². The van der Waals surface area contributed by atoms with Gasteiger partial charge in [-0.3, -0.25) is 4.68 Å². The first-order valence-electron chi connectivity index (χ1n) is 7.64. The molecule has 0 fully saturated rings. The van der Waals surface area contributed by atoms with Gasteiger partial charge in [-0.05, 0) is 31.9 Å². The van der Waals surface area contributed by atoms with Crippen LogP contribution in [0.5, 0.6) is 5.75 Å². The number of para-hydroxylation sites is 1. The van der Waals surface area contributed by atoms with Crippen LogP contribution in [0.3, 0.4) is 0 Å². The molecule has 0 spiro atoms. The lowest BCUT2D eigenvalue weighted by molar-refractivity contribution is 0.166. The highest BCUT2D eigenvalue weighted by molar-refractivity contribution is 5.35. The van der Waals surface area contributed by atoms with E-state index in [0.717, 1.165) is 35.7 Å². The molecule has 4 heteroatoms. The van der Waals surface area contributed by atoms with Gasteiger partial charge in [-0.15, -0.1) is 0 Å². The Hall–Kier alpha value is -1.81. The first kappa shape index (κ1) is 15.6. The van der Waals surface area contributed by atoms with Crippen molar-refractivity contribution in [3.63, 3.8) is 0 Å². The second-order valence-electron chi connectivity index (χ2n) is 5.05. The van der Waals surface area contributed by atoms with E-state index in [1.54, 1.807) is 0 Å². The highest BCUT2D eigenvalue weighted by atomic mass is 16.5. The first-order valence-corrected chi connectivity index (χ1v) is 7.64. The highest BCUT2D eigenvalue weighted by Crippen LogP contribution is 2.27. The van der Waals surface area contributed by atoms with Gasteiger partial charge in [0.25, 0.3) is 0 Å². The van der Waals surface area contributed by atoms with Crippen molar-refractivity contribution < 1.29 is 9.84 Å². The molecule has 0 aliphatic rings. The Labute approximate surface area is 126 Å². The molecule has 2 rings (SSSR count). The molecule has 1 aromatic carbocycles. The minimum Gasteiger partial charge on any atom is -0.487 e. The largest absolute Gasteiger partial charge is 0.487 e. The number of aromatic nitrogens is 2. The van der Waals surface area contributed by atoms with E-state index in [4.69, 9.17) is 4.74 Å². The van der Waals surface area contributed by atoms with Crippen molar-refractivity contribution in [2.24, 2.45) is 0 Å². The zero-order valence-corrected chi connectivity index (χ0v) is 13.0. The van der Waals surface area contributed by atoms with Crippen LogP contribution < -0.4 is 4.74 Å². The Morgan fingerprint density at radius 1 is 1.24 bits per heavy atom. The number of aliphatic hydroxyl groups is 1. The fourth-order valence-corrected chi connectivity index (χ4v) is 2.34. The van der Waals surface area contributed by atoms with E-state index in [9.17, 15) is 5.11 Å². The maximum Gasteiger partial charge on any atom is 0.130 e. The van der Waals surface area contributed by atoms with E-state index in [-0.39, 0.29) is 0 Å². The Balaban J connectivity index is 2.15. The van der Waals surface area contributed by atoms with Crippen molar-refractivity contribution in [2.45, 2.75) is 52.9 Å². The molecule has 2 aromatic rings. The van der Waals surface area contributed by atoms with Crippen molar-refractivity contribution in [1.82, 2.24) is 9.78 Å². The van der Waals surface area contributed by atoms with Gasteiger partial charge in [-0.2, -0.15) is 5.10 Å². The third-order valence-corrected chi connectivity index (χ3v) is 3.62. The minimum atomic E-state index is -0.483. The van der Waals surface area contributed by atoms with Crippen LogP contribution in [0.25, 0.3) is 0 Å². The van der Waals surface area contributed by atoms with Crippen molar-refractivity contribution >= 4 is 0 Å². The van der Waals surface area contributed by atoms with E-state index in [2.05, 4.69) is 25.0 Å². The summed E-state index contributed by atoms with van der Waals surface area (Å²) in [4.78, 5) is 0. The van der Waals surface area contributed by atoms with Crippen LogP contribution in [0.4, 0.5) is 0 Å². The van der Waals surface area contributed by atoms with Gasteiger partial charge < -0.3 is 9.84 Å². The molecule has 0 aliphatic heterocycles. The van der Waals surface area contributed by atoms with Crippen molar-refractivity contribution in [2.75, 3.05) is 0 Å². The summed E-state index contributed by atoms with van der Waals surface area (Å²) in [5.41, 5.74) is 2.99. The predicted molar refractivity (Wildman–Crippen MR) is 83.3 cm³/mol. The summed E-state index contributed by atoms with van der Waals surface area (Å²) in [6.07, 6.45) is 1.11. The number of hydrogen-bond acceptors (Lipinski definition) is 3.